The predicted molar refractivity (Wildman–Crippen MR) is 275 cm³/mol. The summed E-state index contributed by atoms with van der Waals surface area (Å²) in [6, 6.07) is 73.8. The van der Waals surface area contributed by atoms with Gasteiger partial charge in [0.15, 0.2) is 0 Å². The minimum absolute atomic E-state index is 0.0928. The summed E-state index contributed by atoms with van der Waals surface area (Å²) in [7, 11) is 0. The van der Waals surface area contributed by atoms with E-state index in [9.17, 15) is 2.74 Å². The van der Waals surface area contributed by atoms with E-state index in [1.807, 2.05) is 41.3 Å². The minimum Gasteiger partial charge on any atom is -0.310 e. The van der Waals surface area contributed by atoms with Gasteiger partial charge in [0, 0.05) is 39.5 Å². The zero-order valence-electron chi connectivity index (χ0n) is 41.6. The smallest absolute Gasteiger partial charge is 0.0727 e. The maximum atomic E-state index is 9.22. The molecule has 10 aromatic rings. The van der Waals surface area contributed by atoms with E-state index in [4.69, 9.17) is 4.11 Å². The Balaban J connectivity index is 1.07. The zero-order chi connectivity index (χ0) is 48.3. The molecule has 312 valence electrons. The van der Waals surface area contributed by atoms with Crippen LogP contribution in [-0.4, -0.2) is 0 Å². The Morgan fingerprint density at radius 3 is 1.30 bits per heavy atom. The molecule has 0 heterocycles. The van der Waals surface area contributed by atoms with E-state index < -0.39 is 11.5 Å². The zero-order valence-corrected chi connectivity index (χ0v) is 36.6. The molecule has 0 saturated heterocycles. The number of hydrogen-bond acceptors (Lipinski definition) is 2. The van der Waals surface area contributed by atoms with Crippen LogP contribution >= 0.6 is 0 Å². The first-order valence-electron chi connectivity index (χ1n) is 25.2. The van der Waals surface area contributed by atoms with Gasteiger partial charge in [0.25, 0.3) is 0 Å². The molecule has 10 aromatic carbocycles. The molecule has 0 N–H and O–H groups in total. The highest BCUT2D eigenvalue weighted by Gasteiger charge is 2.52. The summed E-state index contributed by atoms with van der Waals surface area (Å²) in [6.07, 6.45) is 0. The molecule has 2 heteroatoms. The first-order chi connectivity index (χ1) is 34.6. The molecule has 1 unspecified atom stereocenters. The summed E-state index contributed by atoms with van der Waals surface area (Å²) >= 11 is 0. The van der Waals surface area contributed by atoms with Gasteiger partial charge in [-0.3, -0.25) is 0 Å². The van der Waals surface area contributed by atoms with Gasteiger partial charge in [0.1, 0.15) is 0 Å². The molecule has 0 amide bonds. The van der Waals surface area contributed by atoms with Crippen LogP contribution in [0.1, 0.15) is 54.1 Å². The second-order valence-electron chi connectivity index (χ2n) is 18.1. The highest BCUT2D eigenvalue weighted by atomic mass is 15.1. The van der Waals surface area contributed by atoms with E-state index in [-0.39, 0.29) is 35.3 Å². The van der Waals surface area contributed by atoms with E-state index >= 15 is 0 Å². The molecule has 0 aromatic heterocycles. The van der Waals surface area contributed by atoms with Gasteiger partial charge < -0.3 is 9.80 Å². The lowest BCUT2D eigenvalue weighted by Gasteiger charge is -2.33. The minimum atomic E-state index is -0.787. The van der Waals surface area contributed by atoms with Crippen LogP contribution in [0.15, 0.2) is 243 Å². The summed E-state index contributed by atoms with van der Waals surface area (Å²) in [5.74, 6) is 0. The van der Waals surface area contributed by atoms with Gasteiger partial charge >= 0.3 is 0 Å². The second kappa shape index (κ2) is 14.7. The third-order valence-corrected chi connectivity index (χ3v) is 14.3. The van der Waals surface area contributed by atoms with Crippen LogP contribution in [0.5, 0.6) is 0 Å². The van der Waals surface area contributed by atoms with Crippen molar-refractivity contribution in [3.05, 3.63) is 276 Å². The van der Waals surface area contributed by atoms with Crippen molar-refractivity contribution in [3.63, 3.8) is 0 Å². The molecule has 1 spiro atoms. The van der Waals surface area contributed by atoms with E-state index in [0.717, 1.165) is 61.6 Å². The number of hydrogen-bond donors (Lipinski definition) is 0. The fourth-order valence-corrected chi connectivity index (χ4v) is 11.5. The normalized spacial score (nSPS) is 16.4. The summed E-state index contributed by atoms with van der Waals surface area (Å²) in [4.78, 5) is 4.24. The molecular weight excluding hydrogens is 797 g/mol. The standard InChI is InChI=1S/C64H46N2/c1-63(2)57-30-15-12-27-51(57)54-36-33-48(40-60(54)63)66(47-26-18-21-44(39-47)43-19-6-3-7-20-43)50-35-38-56-53-29-14-17-32-59(53)64(62(56)42-50)58-31-16-13-28-52(58)55-37-34-49(41-61(55)64)65(45-22-8-4-9-23-45)46-24-10-5-11-25-46/h3-42H,1-2H3/i4D,8D,9D,22D,23D. The van der Waals surface area contributed by atoms with Gasteiger partial charge in [0.2, 0.25) is 0 Å². The summed E-state index contributed by atoms with van der Waals surface area (Å²) in [5, 5.41) is 0. The first-order valence-corrected chi connectivity index (χ1v) is 22.7. The average molecular weight is 848 g/mol. The summed E-state index contributed by atoms with van der Waals surface area (Å²) in [6.45, 7) is 4.66. The SMILES string of the molecule is [2H]c1c([2H])c([2H])c(N(c2ccccc2)c2ccc3c(c2)C2(c4ccccc4-c4ccc(N(c5cccc(-c6ccccc6)c5)c5ccc6c(c5)C(C)(C)c5ccccc5-6)cc42)c2ccccc2-3)c([2H])c1[2H]. The topological polar surface area (TPSA) is 6.48 Å². The summed E-state index contributed by atoms with van der Waals surface area (Å²) in [5.41, 5.74) is 20.1. The fourth-order valence-electron chi connectivity index (χ4n) is 11.5. The largest absolute Gasteiger partial charge is 0.310 e. The highest BCUT2D eigenvalue weighted by Crippen LogP contribution is 2.64. The van der Waals surface area contributed by atoms with Crippen LogP contribution in [-0.2, 0) is 10.8 Å². The van der Waals surface area contributed by atoms with E-state index in [0.29, 0.717) is 11.4 Å². The lowest BCUT2D eigenvalue weighted by Crippen LogP contribution is -2.26. The molecule has 13 rings (SSSR count). The lowest BCUT2D eigenvalue weighted by atomic mass is 9.70. The van der Waals surface area contributed by atoms with Crippen LogP contribution in [0, 0.1) is 0 Å². The van der Waals surface area contributed by atoms with Crippen LogP contribution in [0.3, 0.4) is 0 Å². The molecule has 0 aliphatic heterocycles. The Labute approximate surface area is 394 Å². The number of rotatable bonds is 7. The molecule has 3 aliphatic carbocycles. The fraction of sp³-hybridized carbons (Fsp3) is 0.0625. The molecule has 66 heavy (non-hydrogen) atoms. The second-order valence-corrected chi connectivity index (χ2v) is 18.1. The van der Waals surface area contributed by atoms with Gasteiger partial charge in [-0.15, -0.1) is 0 Å². The van der Waals surface area contributed by atoms with Gasteiger partial charge in [-0.2, -0.15) is 0 Å². The van der Waals surface area contributed by atoms with Gasteiger partial charge in [0.05, 0.1) is 12.3 Å². The lowest BCUT2D eigenvalue weighted by molar-refractivity contribution is 0.660. The number of anilines is 6. The van der Waals surface area contributed by atoms with Crippen molar-refractivity contribution < 1.29 is 6.85 Å². The molecule has 2 nitrogen and oxygen atoms in total. The van der Waals surface area contributed by atoms with E-state index in [1.165, 1.54) is 33.4 Å². The predicted octanol–water partition coefficient (Wildman–Crippen LogP) is 16.9. The van der Waals surface area contributed by atoms with Crippen LogP contribution < -0.4 is 9.80 Å². The van der Waals surface area contributed by atoms with Crippen molar-refractivity contribution in [2.75, 3.05) is 9.80 Å². The third-order valence-electron chi connectivity index (χ3n) is 14.3. The molecule has 1 atom stereocenters. The van der Waals surface area contributed by atoms with Crippen molar-refractivity contribution in [1.82, 2.24) is 0 Å². The van der Waals surface area contributed by atoms with E-state index in [2.05, 4.69) is 195 Å². The monoisotopic (exact) mass is 847 g/mol. The highest BCUT2D eigenvalue weighted by molar-refractivity contribution is 5.98. The molecule has 0 saturated carbocycles. The Bertz CT molecular complexity index is 3790. The van der Waals surface area contributed by atoms with Crippen molar-refractivity contribution in [1.29, 1.82) is 0 Å². The number of fused-ring (bicyclic) bond motifs is 13. The summed E-state index contributed by atoms with van der Waals surface area (Å²) < 4.78 is 44.4. The Morgan fingerprint density at radius 1 is 0.303 bits per heavy atom. The van der Waals surface area contributed by atoms with Crippen molar-refractivity contribution in [3.8, 4) is 44.5 Å². The van der Waals surface area contributed by atoms with Crippen molar-refractivity contribution in [2.45, 2.75) is 24.7 Å². The van der Waals surface area contributed by atoms with Crippen LogP contribution in [0.25, 0.3) is 44.5 Å². The van der Waals surface area contributed by atoms with Crippen LogP contribution in [0.4, 0.5) is 34.1 Å². The van der Waals surface area contributed by atoms with Gasteiger partial charge in [-0.05, 0) is 151 Å². The molecule has 3 aliphatic rings. The third kappa shape index (κ3) is 5.55. The van der Waals surface area contributed by atoms with Crippen molar-refractivity contribution >= 4 is 34.1 Å². The van der Waals surface area contributed by atoms with E-state index in [1.54, 1.807) is 0 Å². The Hall–Kier alpha value is -8.20. The molecule has 0 fully saturated rings. The van der Waals surface area contributed by atoms with Crippen molar-refractivity contribution in [2.24, 2.45) is 0 Å². The number of para-hydroxylation sites is 2. The van der Waals surface area contributed by atoms with Gasteiger partial charge in [-0.1, -0.05) is 184 Å². The maximum Gasteiger partial charge on any atom is 0.0727 e. The van der Waals surface area contributed by atoms with Gasteiger partial charge in [-0.25, -0.2) is 0 Å². The maximum absolute atomic E-state index is 9.22. The number of nitrogens with zero attached hydrogens (tertiary/aromatic N) is 2. The molecule has 0 bridgehead atoms. The average Bonchev–Trinajstić information content (AvgIpc) is 3.97. The Kier molecular flexibility index (Phi) is 7.41. The molecule has 0 radical (unpaired) electrons. The number of benzene rings is 10. The van der Waals surface area contributed by atoms with Crippen LogP contribution in [0.2, 0.25) is 0 Å². The Morgan fingerprint density at radius 2 is 0.712 bits per heavy atom. The molecular formula is C64H46N2. The first kappa shape index (κ1) is 33.3. The quantitative estimate of drug-likeness (QED) is 0.158.